The molecule has 2 aliphatic rings. The number of aromatic amines is 1. The topological polar surface area (TPSA) is 107 Å². The number of nitrogens with zero attached hydrogens (tertiary/aromatic N) is 3. The average Bonchev–Trinajstić information content (AvgIpc) is 2.73. The molecule has 0 amide bonds. The van der Waals surface area contributed by atoms with Gasteiger partial charge >= 0.3 is 11.7 Å². The molecule has 2 aromatic rings. The summed E-state index contributed by atoms with van der Waals surface area (Å²) in [6.07, 6.45) is 1.61. The normalized spacial score (nSPS) is 11.2. The maximum absolute atomic E-state index is 12.4. The number of benzene rings is 2. The number of hydrogen-bond acceptors (Lipinski definition) is 6. The molecule has 4 rings (SSSR count). The smallest absolute Gasteiger partial charge is 0.349 e. The van der Waals surface area contributed by atoms with E-state index in [1.165, 1.54) is 12.5 Å². The zero-order valence-electron chi connectivity index (χ0n) is 17.3. The Morgan fingerprint density at radius 3 is 2.65 bits per heavy atom. The van der Waals surface area contributed by atoms with Crippen LogP contribution >= 0.6 is 0 Å². The van der Waals surface area contributed by atoms with E-state index in [4.69, 9.17) is 4.74 Å². The van der Waals surface area contributed by atoms with Gasteiger partial charge in [-0.3, -0.25) is 14.6 Å². The molecule has 0 atom stereocenters. The molecule has 2 aromatic carbocycles. The van der Waals surface area contributed by atoms with Crippen LogP contribution in [-0.2, 0) is 29.1 Å². The number of rotatable bonds is 6. The lowest BCUT2D eigenvalue weighted by atomic mass is 10.1. The lowest BCUT2D eigenvalue weighted by molar-refractivity contribution is -0.142. The highest BCUT2D eigenvalue weighted by Gasteiger charge is 2.19. The second-order valence-electron chi connectivity index (χ2n) is 7.44. The largest absolute Gasteiger partial charge is 0.461 e. The number of esters is 1. The van der Waals surface area contributed by atoms with Gasteiger partial charge in [-0.05, 0) is 48.6 Å². The van der Waals surface area contributed by atoms with Crippen LogP contribution in [0.3, 0.4) is 0 Å². The summed E-state index contributed by atoms with van der Waals surface area (Å²) in [6.45, 7) is 3.93. The van der Waals surface area contributed by atoms with E-state index in [2.05, 4.69) is 27.1 Å². The minimum Gasteiger partial charge on any atom is -0.461 e. The molecule has 0 radical (unpaired) electrons. The van der Waals surface area contributed by atoms with Gasteiger partial charge in [0.05, 0.1) is 11.0 Å². The highest BCUT2D eigenvalue weighted by atomic mass is 16.5. The summed E-state index contributed by atoms with van der Waals surface area (Å²) in [5, 5.41) is 0. The molecular formula is C23H22N4O4. The van der Waals surface area contributed by atoms with Crippen molar-refractivity contribution >= 4 is 17.0 Å². The highest BCUT2D eigenvalue weighted by Crippen LogP contribution is 2.25. The molecule has 8 nitrogen and oxygen atoms in total. The van der Waals surface area contributed by atoms with Crippen molar-refractivity contribution < 1.29 is 9.53 Å². The first kappa shape index (κ1) is 20.5. The molecule has 0 bridgehead atoms. The average molecular weight is 418 g/mol. The first-order valence-corrected chi connectivity index (χ1v) is 10.0. The van der Waals surface area contributed by atoms with Gasteiger partial charge in [-0.25, -0.2) is 9.78 Å². The van der Waals surface area contributed by atoms with Crippen molar-refractivity contribution in [2.75, 3.05) is 0 Å². The van der Waals surface area contributed by atoms with E-state index in [1.54, 1.807) is 0 Å². The number of H-pyrrole nitrogens is 1. The number of nitrogens with one attached hydrogen (secondary N) is 1. The molecule has 0 spiro atoms. The van der Waals surface area contributed by atoms with Gasteiger partial charge in [0.25, 0.3) is 5.56 Å². The fraction of sp³-hybridized carbons (Fsp3) is 0.261. The van der Waals surface area contributed by atoms with Crippen molar-refractivity contribution in [3.8, 4) is 11.5 Å². The van der Waals surface area contributed by atoms with Crippen LogP contribution in [0.15, 0.2) is 52.1 Å². The van der Waals surface area contributed by atoms with Crippen LogP contribution in [-0.4, -0.2) is 25.5 Å². The SMILES string of the molecule is CC(=O)OCc1cc2c(cc1C)nc1c(=O)[nH]c(=O)nc-1n2CCCc1ccccc1. The third-order valence-corrected chi connectivity index (χ3v) is 5.19. The Bertz CT molecular complexity index is 1340. The Labute approximate surface area is 177 Å². The fourth-order valence-electron chi connectivity index (χ4n) is 3.64. The summed E-state index contributed by atoms with van der Waals surface area (Å²) >= 11 is 0. The molecule has 0 unspecified atom stereocenters. The van der Waals surface area contributed by atoms with Crippen molar-refractivity contribution in [1.29, 1.82) is 0 Å². The third kappa shape index (κ3) is 4.37. The lowest BCUT2D eigenvalue weighted by Gasteiger charge is -2.18. The van der Waals surface area contributed by atoms with Crippen LogP contribution in [0.5, 0.6) is 0 Å². The zero-order chi connectivity index (χ0) is 22.0. The highest BCUT2D eigenvalue weighted by molar-refractivity contribution is 5.81. The number of aromatic nitrogens is 4. The monoisotopic (exact) mass is 418 g/mol. The standard InChI is InChI=1S/C23H22N4O4/c1-14-11-18-19(12-17(14)13-31-15(2)28)27(10-6-9-16-7-4-3-5-8-16)21-20(24-18)22(29)26-23(30)25-21/h3-5,7-8,11-12H,6,9-10,13H2,1-2H3,(H,26,29,30). The summed E-state index contributed by atoms with van der Waals surface area (Å²) in [5.74, 6) is -0.118. The van der Waals surface area contributed by atoms with E-state index < -0.39 is 11.2 Å². The van der Waals surface area contributed by atoms with Gasteiger partial charge in [0.2, 0.25) is 0 Å². The van der Waals surface area contributed by atoms with Crippen LogP contribution in [0.25, 0.3) is 22.6 Å². The van der Waals surface area contributed by atoms with Crippen molar-refractivity contribution in [2.45, 2.75) is 39.8 Å². The van der Waals surface area contributed by atoms with E-state index in [0.717, 1.165) is 29.5 Å². The van der Waals surface area contributed by atoms with E-state index >= 15 is 0 Å². The third-order valence-electron chi connectivity index (χ3n) is 5.19. The Balaban J connectivity index is 1.83. The molecule has 158 valence electrons. The minimum atomic E-state index is -0.706. The summed E-state index contributed by atoms with van der Waals surface area (Å²) < 4.78 is 7.03. The maximum atomic E-state index is 12.4. The number of hydrogen-bond donors (Lipinski definition) is 1. The van der Waals surface area contributed by atoms with E-state index in [9.17, 15) is 14.4 Å². The molecule has 0 fully saturated rings. The van der Waals surface area contributed by atoms with Crippen LogP contribution in [0.4, 0.5) is 0 Å². The molecule has 31 heavy (non-hydrogen) atoms. The number of aryl methyl sites for hydroxylation is 3. The molecule has 8 heteroatoms. The number of ether oxygens (including phenoxy) is 1. The van der Waals surface area contributed by atoms with Gasteiger partial charge in [-0.2, -0.15) is 4.98 Å². The van der Waals surface area contributed by atoms with Crippen molar-refractivity contribution in [3.05, 3.63) is 80.0 Å². The van der Waals surface area contributed by atoms with Gasteiger partial charge in [0.15, 0.2) is 11.5 Å². The van der Waals surface area contributed by atoms with Crippen LogP contribution in [0.2, 0.25) is 0 Å². The molecular weight excluding hydrogens is 396 g/mol. The van der Waals surface area contributed by atoms with Gasteiger partial charge in [0, 0.05) is 13.5 Å². The Morgan fingerprint density at radius 1 is 1.13 bits per heavy atom. The molecule has 2 heterocycles. The molecule has 0 aromatic heterocycles. The first-order valence-electron chi connectivity index (χ1n) is 10.0. The molecule has 2 aliphatic heterocycles. The van der Waals surface area contributed by atoms with E-state index in [-0.39, 0.29) is 24.1 Å². The fourth-order valence-corrected chi connectivity index (χ4v) is 3.64. The van der Waals surface area contributed by atoms with Crippen LogP contribution in [0.1, 0.15) is 30.0 Å². The van der Waals surface area contributed by atoms with Gasteiger partial charge < -0.3 is 9.30 Å². The minimum absolute atomic E-state index is 0.124. The van der Waals surface area contributed by atoms with Crippen LogP contribution in [0, 0.1) is 6.92 Å². The quantitative estimate of drug-likeness (QED) is 0.381. The molecule has 0 saturated heterocycles. The van der Waals surface area contributed by atoms with Gasteiger partial charge in [-0.1, -0.05) is 30.3 Å². The summed E-state index contributed by atoms with van der Waals surface area (Å²) in [6, 6.07) is 13.8. The Kier molecular flexibility index (Phi) is 5.62. The summed E-state index contributed by atoms with van der Waals surface area (Å²) in [7, 11) is 0. The van der Waals surface area contributed by atoms with E-state index in [1.807, 2.05) is 41.8 Å². The number of fused-ring (bicyclic) bond motifs is 2. The van der Waals surface area contributed by atoms with Crippen molar-refractivity contribution in [2.24, 2.45) is 0 Å². The van der Waals surface area contributed by atoms with E-state index in [0.29, 0.717) is 12.1 Å². The summed E-state index contributed by atoms with van der Waals surface area (Å²) in [5.41, 5.74) is 3.12. The number of carbonyl (C=O) groups is 1. The molecule has 1 N–H and O–H groups in total. The summed E-state index contributed by atoms with van der Waals surface area (Å²) in [4.78, 5) is 46.3. The van der Waals surface area contributed by atoms with Gasteiger partial charge in [0.1, 0.15) is 6.61 Å². The first-order chi connectivity index (χ1) is 14.9. The zero-order valence-corrected chi connectivity index (χ0v) is 17.3. The predicted octanol–water partition coefficient (Wildman–Crippen LogP) is 2.59. The Hall–Kier alpha value is -3.81. The second kappa shape index (κ2) is 8.51. The predicted molar refractivity (Wildman–Crippen MR) is 116 cm³/mol. The molecule has 0 saturated carbocycles. The van der Waals surface area contributed by atoms with Crippen LogP contribution < -0.4 is 11.2 Å². The van der Waals surface area contributed by atoms with Crippen molar-refractivity contribution in [1.82, 2.24) is 19.5 Å². The second-order valence-corrected chi connectivity index (χ2v) is 7.44. The maximum Gasteiger partial charge on any atom is 0.349 e. The number of carbonyl (C=O) groups excluding carboxylic acids is 1. The van der Waals surface area contributed by atoms with Gasteiger partial charge in [-0.15, -0.1) is 0 Å². The molecule has 0 aliphatic carbocycles. The van der Waals surface area contributed by atoms with Crippen molar-refractivity contribution in [3.63, 3.8) is 0 Å². The Morgan fingerprint density at radius 2 is 1.90 bits per heavy atom. The lowest BCUT2D eigenvalue weighted by Crippen LogP contribution is -2.29.